The van der Waals surface area contributed by atoms with E-state index in [1.165, 1.54) is 30.3 Å². The number of nitrogens with zero attached hydrogens (tertiary/aromatic N) is 1. The lowest BCUT2D eigenvalue weighted by molar-refractivity contribution is 0.0697. The molecule has 0 radical (unpaired) electrons. The first-order chi connectivity index (χ1) is 10.1. The first-order valence-electron chi connectivity index (χ1n) is 6.18. The largest absolute Gasteiger partial charge is 0.505 e. The van der Waals surface area contributed by atoms with E-state index in [9.17, 15) is 14.3 Å². The predicted molar refractivity (Wildman–Crippen MR) is 75.8 cm³/mol. The van der Waals surface area contributed by atoms with Gasteiger partial charge in [-0.25, -0.2) is 14.2 Å². The predicted octanol–water partition coefficient (Wildman–Crippen LogP) is 3.44. The molecule has 2 aromatic carbocycles. The second kappa shape index (κ2) is 4.86. The van der Waals surface area contributed by atoms with E-state index in [1.54, 1.807) is 18.2 Å². The Morgan fingerprint density at radius 1 is 1.00 bits per heavy atom. The summed E-state index contributed by atoms with van der Waals surface area (Å²) in [6, 6.07) is 12.2. The average Bonchev–Trinajstić information content (AvgIpc) is 2.51. The van der Waals surface area contributed by atoms with Gasteiger partial charge in [-0.3, -0.25) is 0 Å². The summed E-state index contributed by atoms with van der Waals surface area (Å²) in [6.45, 7) is 0. The maximum absolute atomic E-state index is 13.7. The van der Waals surface area contributed by atoms with E-state index in [0.717, 1.165) is 5.56 Å². The number of aromatic carboxylic acids is 1. The maximum Gasteiger partial charge on any atom is 0.335 e. The molecule has 0 aliphatic rings. The van der Waals surface area contributed by atoms with Crippen LogP contribution in [0.1, 0.15) is 10.4 Å². The standard InChI is InChI=1S/C16H10FNO3/c17-15-11-5-6-12(18-13(11)7-8-14(15)19)9-1-3-10(4-2-9)16(20)21/h1-8,19H,(H,20,21). The Hall–Kier alpha value is -2.95. The summed E-state index contributed by atoms with van der Waals surface area (Å²) in [5.41, 5.74) is 1.94. The highest BCUT2D eigenvalue weighted by Crippen LogP contribution is 2.27. The highest BCUT2D eigenvalue weighted by molar-refractivity contribution is 5.88. The number of carboxylic acids is 1. The molecule has 2 N–H and O–H groups in total. The highest BCUT2D eigenvalue weighted by atomic mass is 19.1. The van der Waals surface area contributed by atoms with Crippen molar-refractivity contribution in [1.82, 2.24) is 4.98 Å². The Morgan fingerprint density at radius 3 is 2.38 bits per heavy atom. The summed E-state index contributed by atoms with van der Waals surface area (Å²) < 4.78 is 13.7. The minimum Gasteiger partial charge on any atom is -0.505 e. The van der Waals surface area contributed by atoms with Crippen LogP contribution in [0, 0.1) is 5.82 Å². The summed E-state index contributed by atoms with van der Waals surface area (Å²) in [4.78, 5) is 15.1. The number of pyridine rings is 1. The lowest BCUT2D eigenvalue weighted by Gasteiger charge is -2.05. The van der Waals surface area contributed by atoms with Gasteiger partial charge in [0.1, 0.15) is 0 Å². The van der Waals surface area contributed by atoms with Crippen LogP contribution in [0.2, 0.25) is 0 Å². The van der Waals surface area contributed by atoms with E-state index in [2.05, 4.69) is 4.98 Å². The highest BCUT2D eigenvalue weighted by Gasteiger charge is 2.09. The van der Waals surface area contributed by atoms with Crippen LogP contribution in [-0.2, 0) is 0 Å². The van der Waals surface area contributed by atoms with Crippen molar-refractivity contribution in [3.63, 3.8) is 0 Å². The van der Waals surface area contributed by atoms with Crippen molar-refractivity contribution in [1.29, 1.82) is 0 Å². The Kier molecular flexibility index (Phi) is 3.02. The molecule has 0 saturated heterocycles. The smallest absolute Gasteiger partial charge is 0.335 e. The van der Waals surface area contributed by atoms with Gasteiger partial charge in [0.15, 0.2) is 11.6 Å². The van der Waals surface area contributed by atoms with E-state index in [-0.39, 0.29) is 10.9 Å². The zero-order valence-electron chi connectivity index (χ0n) is 10.7. The lowest BCUT2D eigenvalue weighted by atomic mass is 10.1. The molecular formula is C16H10FNO3. The molecule has 5 heteroatoms. The molecule has 0 amide bonds. The fourth-order valence-electron chi connectivity index (χ4n) is 2.10. The Balaban J connectivity index is 2.09. The van der Waals surface area contributed by atoms with Crippen molar-refractivity contribution < 1.29 is 19.4 Å². The van der Waals surface area contributed by atoms with Crippen LogP contribution in [0.4, 0.5) is 4.39 Å². The van der Waals surface area contributed by atoms with Gasteiger partial charge in [-0.15, -0.1) is 0 Å². The van der Waals surface area contributed by atoms with Gasteiger partial charge >= 0.3 is 5.97 Å². The second-order valence-corrected chi connectivity index (χ2v) is 4.54. The van der Waals surface area contributed by atoms with Crippen molar-refractivity contribution >= 4 is 16.9 Å². The summed E-state index contributed by atoms with van der Waals surface area (Å²) in [6.07, 6.45) is 0. The summed E-state index contributed by atoms with van der Waals surface area (Å²) in [5, 5.41) is 18.4. The SMILES string of the molecule is O=C(O)c1ccc(-c2ccc3c(F)c(O)ccc3n2)cc1. The molecule has 104 valence electrons. The van der Waals surface area contributed by atoms with Crippen LogP contribution < -0.4 is 0 Å². The number of hydrogen-bond donors (Lipinski definition) is 2. The molecule has 0 unspecified atom stereocenters. The van der Waals surface area contributed by atoms with Crippen molar-refractivity contribution in [3.8, 4) is 17.0 Å². The summed E-state index contributed by atoms with van der Waals surface area (Å²) in [7, 11) is 0. The third kappa shape index (κ3) is 2.29. The number of halogens is 1. The first-order valence-corrected chi connectivity index (χ1v) is 6.18. The Labute approximate surface area is 119 Å². The first kappa shape index (κ1) is 13.1. The van der Waals surface area contributed by atoms with E-state index >= 15 is 0 Å². The van der Waals surface area contributed by atoms with E-state index in [0.29, 0.717) is 11.2 Å². The number of carboxylic acid groups (broad SMARTS) is 1. The molecule has 4 nitrogen and oxygen atoms in total. The average molecular weight is 283 g/mol. The topological polar surface area (TPSA) is 70.4 Å². The van der Waals surface area contributed by atoms with Crippen molar-refractivity contribution in [2.75, 3.05) is 0 Å². The van der Waals surface area contributed by atoms with Crippen LogP contribution in [0.5, 0.6) is 5.75 Å². The van der Waals surface area contributed by atoms with Gasteiger partial charge in [-0.1, -0.05) is 12.1 Å². The zero-order chi connectivity index (χ0) is 15.0. The number of phenolic OH excluding ortho intramolecular Hbond substituents is 1. The van der Waals surface area contributed by atoms with Crippen molar-refractivity contribution in [2.24, 2.45) is 0 Å². The number of aromatic nitrogens is 1. The molecular weight excluding hydrogens is 273 g/mol. The van der Waals surface area contributed by atoms with Crippen LogP contribution in [0.25, 0.3) is 22.2 Å². The molecule has 3 aromatic rings. The molecule has 0 bridgehead atoms. The minimum absolute atomic E-state index is 0.190. The molecule has 3 rings (SSSR count). The van der Waals surface area contributed by atoms with Crippen molar-refractivity contribution in [2.45, 2.75) is 0 Å². The summed E-state index contributed by atoms with van der Waals surface area (Å²) in [5.74, 6) is -2.11. The van der Waals surface area contributed by atoms with Crippen LogP contribution in [0.3, 0.4) is 0 Å². The Bertz CT molecular complexity index is 844. The van der Waals surface area contributed by atoms with Crippen LogP contribution >= 0.6 is 0 Å². The molecule has 0 aliphatic heterocycles. The molecule has 0 atom stereocenters. The fraction of sp³-hybridized carbons (Fsp3) is 0. The van der Waals surface area contributed by atoms with E-state index in [4.69, 9.17) is 5.11 Å². The fourth-order valence-corrected chi connectivity index (χ4v) is 2.10. The molecule has 1 heterocycles. The quantitative estimate of drug-likeness (QED) is 0.755. The molecule has 21 heavy (non-hydrogen) atoms. The number of phenols is 1. The minimum atomic E-state index is -0.995. The third-order valence-electron chi connectivity index (χ3n) is 3.21. The number of aromatic hydroxyl groups is 1. The van der Waals surface area contributed by atoms with Gasteiger partial charge in [-0.05, 0) is 36.4 Å². The maximum atomic E-state index is 13.7. The number of carbonyl (C=O) groups is 1. The number of fused-ring (bicyclic) bond motifs is 1. The number of benzene rings is 2. The van der Waals surface area contributed by atoms with Crippen LogP contribution in [0.15, 0.2) is 48.5 Å². The van der Waals surface area contributed by atoms with Gasteiger partial charge in [0.25, 0.3) is 0 Å². The van der Waals surface area contributed by atoms with Gasteiger partial charge in [0, 0.05) is 10.9 Å². The molecule has 0 aliphatic carbocycles. The van der Waals surface area contributed by atoms with Crippen molar-refractivity contribution in [3.05, 3.63) is 59.9 Å². The molecule has 0 fully saturated rings. The normalized spacial score (nSPS) is 10.7. The van der Waals surface area contributed by atoms with Gasteiger partial charge in [-0.2, -0.15) is 0 Å². The van der Waals surface area contributed by atoms with E-state index < -0.39 is 17.5 Å². The van der Waals surface area contributed by atoms with Crippen LogP contribution in [-0.4, -0.2) is 21.2 Å². The van der Waals surface area contributed by atoms with Gasteiger partial charge in [0.05, 0.1) is 16.8 Å². The molecule has 0 spiro atoms. The summed E-state index contributed by atoms with van der Waals surface area (Å²) >= 11 is 0. The number of rotatable bonds is 2. The monoisotopic (exact) mass is 283 g/mol. The van der Waals surface area contributed by atoms with Gasteiger partial charge in [0.2, 0.25) is 0 Å². The molecule has 1 aromatic heterocycles. The van der Waals surface area contributed by atoms with E-state index in [1.807, 2.05) is 0 Å². The zero-order valence-corrected chi connectivity index (χ0v) is 10.7. The molecule has 0 saturated carbocycles. The number of hydrogen-bond acceptors (Lipinski definition) is 3. The van der Waals surface area contributed by atoms with Gasteiger partial charge < -0.3 is 10.2 Å². The third-order valence-corrected chi connectivity index (χ3v) is 3.21. The Morgan fingerprint density at radius 2 is 1.71 bits per heavy atom. The lowest BCUT2D eigenvalue weighted by Crippen LogP contribution is -1.95. The second-order valence-electron chi connectivity index (χ2n) is 4.54.